The van der Waals surface area contributed by atoms with Gasteiger partial charge in [-0.15, -0.1) is 11.3 Å². The number of nitrogens with one attached hydrogen (secondary N) is 4. The molecule has 41 heavy (non-hydrogen) atoms. The highest BCUT2D eigenvalue weighted by Gasteiger charge is 2.24. The van der Waals surface area contributed by atoms with Crippen LogP contribution in [-0.2, 0) is 37.2 Å². The Bertz CT molecular complexity index is 1190. The van der Waals surface area contributed by atoms with E-state index in [1.807, 2.05) is 47.6 Å². The van der Waals surface area contributed by atoms with Crippen LogP contribution in [0.25, 0.3) is 6.08 Å². The Morgan fingerprint density at radius 3 is 2.34 bits per heavy atom. The van der Waals surface area contributed by atoms with Crippen LogP contribution in [0.1, 0.15) is 69.8 Å². The van der Waals surface area contributed by atoms with Gasteiger partial charge in [0.15, 0.2) is 0 Å². The highest BCUT2D eigenvalue weighted by molar-refractivity contribution is 7.12. The van der Waals surface area contributed by atoms with E-state index in [1.54, 1.807) is 30.5 Å². The molecule has 0 spiro atoms. The van der Waals surface area contributed by atoms with Crippen molar-refractivity contribution < 1.29 is 28.8 Å². The first-order chi connectivity index (χ1) is 19.4. The minimum absolute atomic E-state index is 0.000921. The van der Waals surface area contributed by atoms with Crippen LogP contribution in [-0.4, -0.2) is 41.4 Å². The number of nitrogens with zero attached hydrogens (tertiary/aromatic N) is 1. The number of rotatable bonds is 15. The third-order valence-electron chi connectivity index (χ3n) is 5.60. The smallest absolute Gasteiger partial charge is 0.431 e. The number of thiazole rings is 1. The summed E-state index contributed by atoms with van der Waals surface area (Å²) in [6.45, 7) is 11.6. The molecule has 1 heterocycles. The van der Waals surface area contributed by atoms with Crippen LogP contribution >= 0.6 is 11.3 Å². The Labute approximate surface area is 245 Å². The molecule has 224 valence electrons. The number of amides is 4. The highest BCUT2D eigenvalue weighted by Crippen LogP contribution is 2.17. The number of anilines is 1. The fourth-order valence-corrected chi connectivity index (χ4v) is 4.34. The van der Waals surface area contributed by atoms with E-state index >= 15 is 0 Å². The van der Waals surface area contributed by atoms with Crippen LogP contribution in [0.3, 0.4) is 0 Å². The quantitative estimate of drug-likeness (QED) is 0.223. The van der Waals surface area contributed by atoms with E-state index < -0.39 is 23.9 Å². The fourth-order valence-electron chi connectivity index (χ4n) is 3.44. The Kier molecular flexibility index (Phi) is 14.0. The third-order valence-corrected chi connectivity index (χ3v) is 6.52. The van der Waals surface area contributed by atoms with Gasteiger partial charge in [0.05, 0.1) is 6.54 Å². The Balaban J connectivity index is 1.70. The number of carbonyl (C=O) groups is 4. The number of aromatic nitrogens is 1. The molecule has 0 fully saturated rings. The van der Waals surface area contributed by atoms with Gasteiger partial charge in [-0.05, 0) is 55.9 Å². The fraction of sp³-hybridized carbons (Fsp3) is 0.483. The van der Waals surface area contributed by atoms with Gasteiger partial charge in [-0.2, -0.15) is 5.48 Å². The van der Waals surface area contributed by atoms with Gasteiger partial charge in [0, 0.05) is 23.2 Å². The monoisotopic (exact) mass is 587 g/mol. The molecule has 0 saturated heterocycles. The van der Waals surface area contributed by atoms with Gasteiger partial charge < -0.3 is 20.7 Å². The number of hydrogen-bond donors (Lipinski definition) is 4. The predicted octanol–water partition coefficient (Wildman–Crippen LogP) is 4.56. The summed E-state index contributed by atoms with van der Waals surface area (Å²) < 4.78 is 5.14. The molecule has 0 aliphatic rings. The van der Waals surface area contributed by atoms with Crippen LogP contribution in [0, 0.1) is 11.8 Å². The second kappa shape index (κ2) is 17.1. The van der Waals surface area contributed by atoms with Gasteiger partial charge in [-0.25, -0.2) is 9.78 Å². The largest absolute Gasteiger partial charge is 0.443 e. The lowest BCUT2D eigenvalue weighted by Crippen LogP contribution is -2.51. The first-order valence-electron chi connectivity index (χ1n) is 13.5. The van der Waals surface area contributed by atoms with Gasteiger partial charge in [-0.3, -0.25) is 19.2 Å². The molecule has 2 aromatic rings. The van der Waals surface area contributed by atoms with E-state index in [4.69, 9.17) is 9.57 Å². The maximum atomic E-state index is 12.6. The standard InChI is InChI=1S/C29H41N5O6S/c1-18(2)7-12-24(35)33-27(20(5)6)28(37)31-15-25(36)32-22-10-8-21(9-11-22)16-39-29(38)34-40-17-26-30-14-23(41-26)13-19(3)4/h8-11,13-14,18,20,27H,7,12,15-17H2,1-6H3,(H,31,37)(H,32,36)(H,33,35)(H,34,38). The van der Waals surface area contributed by atoms with Crippen LogP contribution < -0.4 is 21.4 Å². The van der Waals surface area contributed by atoms with Crippen molar-refractivity contribution in [3.8, 4) is 0 Å². The molecule has 11 nitrogen and oxygen atoms in total. The van der Waals surface area contributed by atoms with Gasteiger partial charge in [0.2, 0.25) is 17.7 Å². The van der Waals surface area contributed by atoms with Crippen molar-refractivity contribution in [2.45, 2.75) is 73.6 Å². The normalized spacial score (nSPS) is 11.5. The first-order valence-corrected chi connectivity index (χ1v) is 14.3. The number of carbonyl (C=O) groups excluding carboxylic acids is 4. The molecule has 0 saturated carbocycles. The molecule has 1 aromatic heterocycles. The molecule has 0 aliphatic carbocycles. The summed E-state index contributed by atoms with van der Waals surface area (Å²) in [7, 11) is 0. The molecule has 1 aromatic carbocycles. The summed E-state index contributed by atoms with van der Waals surface area (Å²) in [5.41, 5.74) is 4.60. The molecule has 0 bridgehead atoms. The van der Waals surface area contributed by atoms with Crippen molar-refractivity contribution in [1.29, 1.82) is 0 Å². The average molecular weight is 588 g/mol. The molecule has 0 aliphatic heterocycles. The second-order valence-corrected chi connectivity index (χ2v) is 11.7. The van der Waals surface area contributed by atoms with Crippen LogP contribution in [0.2, 0.25) is 0 Å². The highest BCUT2D eigenvalue weighted by atomic mass is 32.1. The van der Waals surface area contributed by atoms with Crippen molar-refractivity contribution in [3.05, 3.63) is 51.5 Å². The lowest BCUT2D eigenvalue weighted by atomic mass is 10.0. The maximum Gasteiger partial charge on any atom is 0.431 e. The summed E-state index contributed by atoms with van der Waals surface area (Å²) in [4.78, 5) is 59.4. The number of hydroxylamine groups is 1. The van der Waals surface area contributed by atoms with Gasteiger partial charge in [-0.1, -0.05) is 45.4 Å². The topological polar surface area (TPSA) is 148 Å². The lowest BCUT2D eigenvalue weighted by molar-refractivity contribution is -0.130. The zero-order chi connectivity index (χ0) is 30.4. The second-order valence-electron chi connectivity index (χ2n) is 10.5. The number of hydrogen-bond acceptors (Lipinski definition) is 8. The zero-order valence-corrected chi connectivity index (χ0v) is 25.4. The molecule has 4 amide bonds. The number of allylic oxidation sites excluding steroid dienone is 1. The van der Waals surface area contributed by atoms with E-state index in [0.29, 0.717) is 23.6 Å². The lowest BCUT2D eigenvalue weighted by Gasteiger charge is -2.22. The van der Waals surface area contributed by atoms with Crippen LogP contribution in [0.5, 0.6) is 0 Å². The van der Waals surface area contributed by atoms with Gasteiger partial charge in [0.25, 0.3) is 0 Å². The van der Waals surface area contributed by atoms with Gasteiger partial charge in [0.1, 0.15) is 24.3 Å². The minimum atomic E-state index is -0.741. The first kappa shape index (κ1) is 33.4. The van der Waals surface area contributed by atoms with Crippen LogP contribution in [0.4, 0.5) is 10.5 Å². The van der Waals surface area contributed by atoms with Crippen molar-refractivity contribution in [2.75, 3.05) is 11.9 Å². The van der Waals surface area contributed by atoms with E-state index in [1.165, 1.54) is 11.3 Å². The number of ether oxygens (including phenoxy) is 1. The average Bonchev–Trinajstić information content (AvgIpc) is 3.34. The molecular weight excluding hydrogens is 546 g/mol. The molecule has 1 atom stereocenters. The van der Waals surface area contributed by atoms with E-state index in [0.717, 1.165) is 21.9 Å². The molecular formula is C29H41N5O6S. The number of benzene rings is 1. The minimum Gasteiger partial charge on any atom is -0.443 e. The van der Waals surface area contributed by atoms with Crippen molar-refractivity contribution >= 4 is 46.9 Å². The Hall–Kier alpha value is -3.77. The van der Waals surface area contributed by atoms with Gasteiger partial charge >= 0.3 is 6.09 Å². The van der Waals surface area contributed by atoms with Crippen LogP contribution in [0.15, 0.2) is 36.0 Å². The predicted molar refractivity (Wildman–Crippen MR) is 158 cm³/mol. The maximum absolute atomic E-state index is 12.6. The SMILES string of the molecule is CC(C)=Cc1cnc(CONC(=O)OCc2ccc(NC(=O)CNC(=O)C(NC(=O)CCC(C)C)C(C)C)cc2)s1. The Morgan fingerprint density at radius 2 is 1.71 bits per heavy atom. The zero-order valence-electron chi connectivity index (χ0n) is 24.5. The van der Waals surface area contributed by atoms with E-state index in [-0.39, 0.29) is 31.6 Å². The van der Waals surface area contributed by atoms with Crippen molar-refractivity contribution in [3.63, 3.8) is 0 Å². The van der Waals surface area contributed by atoms with Crippen molar-refractivity contribution in [2.24, 2.45) is 11.8 Å². The molecule has 0 radical (unpaired) electrons. The van der Waals surface area contributed by atoms with Crippen molar-refractivity contribution in [1.82, 2.24) is 21.1 Å². The summed E-state index contributed by atoms with van der Waals surface area (Å²) in [5, 5.41) is 8.77. The summed E-state index contributed by atoms with van der Waals surface area (Å²) in [6.07, 6.45) is 4.10. The van der Waals surface area contributed by atoms with E-state index in [9.17, 15) is 19.2 Å². The molecule has 4 N–H and O–H groups in total. The summed E-state index contributed by atoms with van der Waals surface area (Å²) in [5.74, 6) is -0.763. The molecule has 1 unspecified atom stereocenters. The molecule has 12 heteroatoms. The summed E-state index contributed by atoms with van der Waals surface area (Å²) in [6, 6.07) is 5.99. The van der Waals surface area contributed by atoms with E-state index in [2.05, 4.69) is 26.4 Å². The third kappa shape index (κ3) is 13.4. The molecule has 2 rings (SSSR count). The Morgan fingerprint density at radius 1 is 1.00 bits per heavy atom. The summed E-state index contributed by atoms with van der Waals surface area (Å²) >= 11 is 1.47.